The van der Waals surface area contributed by atoms with Gasteiger partial charge in [-0.15, -0.1) is 0 Å². The van der Waals surface area contributed by atoms with Gasteiger partial charge in [0.2, 0.25) is 0 Å². The monoisotopic (exact) mass is 247 g/mol. The number of carboxylic acids is 1. The highest BCUT2D eigenvalue weighted by Crippen LogP contribution is 2.25. The molecule has 3 heteroatoms. The van der Waals surface area contributed by atoms with Crippen molar-refractivity contribution in [2.45, 2.75) is 45.7 Å². The SMILES string of the molecule is CCC(CC)N1CCc2c(cccc2C(=O)O)C1. The molecule has 0 atom stereocenters. The molecule has 0 radical (unpaired) electrons. The van der Waals surface area contributed by atoms with Crippen LogP contribution in [-0.2, 0) is 13.0 Å². The summed E-state index contributed by atoms with van der Waals surface area (Å²) >= 11 is 0. The average Bonchev–Trinajstić information content (AvgIpc) is 2.39. The van der Waals surface area contributed by atoms with E-state index in [1.807, 2.05) is 6.07 Å². The third-order valence-electron chi connectivity index (χ3n) is 3.98. The molecule has 3 nitrogen and oxygen atoms in total. The van der Waals surface area contributed by atoms with Crippen LogP contribution in [-0.4, -0.2) is 28.6 Å². The van der Waals surface area contributed by atoms with Crippen LogP contribution in [0.5, 0.6) is 0 Å². The lowest BCUT2D eigenvalue weighted by Gasteiger charge is -2.35. The zero-order chi connectivity index (χ0) is 13.1. The predicted molar refractivity (Wildman–Crippen MR) is 71.9 cm³/mol. The molecule has 0 amide bonds. The Bertz CT molecular complexity index is 438. The van der Waals surface area contributed by atoms with Crippen molar-refractivity contribution in [2.24, 2.45) is 0 Å². The summed E-state index contributed by atoms with van der Waals surface area (Å²) in [6, 6.07) is 6.26. The number of aromatic carboxylic acids is 1. The van der Waals surface area contributed by atoms with Gasteiger partial charge in [0.15, 0.2) is 0 Å². The van der Waals surface area contributed by atoms with E-state index in [1.54, 1.807) is 6.07 Å². The number of benzene rings is 1. The molecule has 1 aliphatic rings. The van der Waals surface area contributed by atoms with Crippen LogP contribution in [0.4, 0.5) is 0 Å². The first kappa shape index (κ1) is 13.1. The zero-order valence-corrected chi connectivity index (χ0v) is 11.1. The first-order valence-corrected chi connectivity index (χ1v) is 6.75. The maximum Gasteiger partial charge on any atom is 0.335 e. The number of fused-ring (bicyclic) bond motifs is 1. The number of carboxylic acid groups (broad SMARTS) is 1. The normalized spacial score (nSPS) is 15.7. The molecular formula is C15H21NO2. The minimum absolute atomic E-state index is 0.483. The lowest BCUT2D eigenvalue weighted by Crippen LogP contribution is -2.39. The molecule has 1 N–H and O–H groups in total. The largest absolute Gasteiger partial charge is 0.478 e. The Kier molecular flexibility index (Phi) is 4.02. The number of carbonyl (C=O) groups is 1. The van der Waals surface area contributed by atoms with Crippen molar-refractivity contribution in [3.05, 3.63) is 34.9 Å². The first-order chi connectivity index (χ1) is 8.67. The van der Waals surface area contributed by atoms with Crippen LogP contribution < -0.4 is 0 Å². The lowest BCUT2D eigenvalue weighted by molar-refractivity contribution is 0.0694. The second-order valence-electron chi connectivity index (χ2n) is 4.94. The van der Waals surface area contributed by atoms with Gasteiger partial charge in [-0.2, -0.15) is 0 Å². The molecule has 98 valence electrons. The molecule has 0 unspecified atom stereocenters. The summed E-state index contributed by atoms with van der Waals surface area (Å²) in [4.78, 5) is 13.7. The summed E-state index contributed by atoms with van der Waals surface area (Å²) in [6.07, 6.45) is 3.17. The minimum atomic E-state index is -0.803. The number of hydrogen-bond acceptors (Lipinski definition) is 2. The van der Waals surface area contributed by atoms with Crippen molar-refractivity contribution in [3.63, 3.8) is 0 Å². The molecule has 2 rings (SSSR count). The molecule has 0 aliphatic carbocycles. The summed E-state index contributed by atoms with van der Waals surface area (Å²) < 4.78 is 0. The van der Waals surface area contributed by atoms with E-state index in [4.69, 9.17) is 0 Å². The van der Waals surface area contributed by atoms with E-state index in [0.717, 1.165) is 37.9 Å². The van der Waals surface area contributed by atoms with Crippen molar-refractivity contribution in [1.29, 1.82) is 0 Å². The van der Waals surface area contributed by atoms with Crippen molar-refractivity contribution in [1.82, 2.24) is 4.90 Å². The van der Waals surface area contributed by atoms with Crippen molar-refractivity contribution >= 4 is 5.97 Å². The van der Waals surface area contributed by atoms with Crippen LogP contribution in [0.15, 0.2) is 18.2 Å². The number of nitrogens with zero attached hydrogens (tertiary/aromatic N) is 1. The smallest absolute Gasteiger partial charge is 0.335 e. The molecule has 0 bridgehead atoms. The Hall–Kier alpha value is -1.35. The molecule has 0 saturated heterocycles. The van der Waals surface area contributed by atoms with Gasteiger partial charge in [-0.1, -0.05) is 26.0 Å². The van der Waals surface area contributed by atoms with Crippen LogP contribution >= 0.6 is 0 Å². The zero-order valence-electron chi connectivity index (χ0n) is 11.1. The van der Waals surface area contributed by atoms with Crippen LogP contribution in [0.2, 0.25) is 0 Å². The van der Waals surface area contributed by atoms with Crippen LogP contribution in [0.25, 0.3) is 0 Å². The van der Waals surface area contributed by atoms with E-state index in [1.165, 1.54) is 5.56 Å². The standard InChI is InChI=1S/C15H21NO2/c1-3-12(4-2)16-9-8-13-11(10-16)6-5-7-14(13)15(17)18/h5-7,12H,3-4,8-10H2,1-2H3,(H,17,18). The van der Waals surface area contributed by atoms with Crippen molar-refractivity contribution in [3.8, 4) is 0 Å². The highest BCUT2D eigenvalue weighted by Gasteiger charge is 2.24. The molecule has 0 fully saturated rings. The lowest BCUT2D eigenvalue weighted by atomic mass is 9.93. The molecular weight excluding hydrogens is 226 g/mol. The summed E-state index contributed by atoms with van der Waals surface area (Å²) in [5, 5.41) is 9.19. The Morgan fingerprint density at radius 1 is 1.39 bits per heavy atom. The van der Waals surface area contributed by atoms with E-state index in [0.29, 0.717) is 11.6 Å². The van der Waals surface area contributed by atoms with Gasteiger partial charge in [0, 0.05) is 19.1 Å². The van der Waals surface area contributed by atoms with E-state index in [2.05, 4.69) is 24.8 Å². The molecule has 1 aliphatic heterocycles. The van der Waals surface area contributed by atoms with E-state index in [-0.39, 0.29) is 0 Å². The maximum atomic E-state index is 11.2. The van der Waals surface area contributed by atoms with Gasteiger partial charge in [0.1, 0.15) is 0 Å². The van der Waals surface area contributed by atoms with E-state index < -0.39 is 5.97 Å². The average molecular weight is 247 g/mol. The van der Waals surface area contributed by atoms with Gasteiger partial charge in [0.25, 0.3) is 0 Å². The van der Waals surface area contributed by atoms with E-state index in [9.17, 15) is 9.90 Å². The molecule has 0 saturated carbocycles. The van der Waals surface area contributed by atoms with Gasteiger partial charge in [-0.3, -0.25) is 4.90 Å². The quantitative estimate of drug-likeness (QED) is 0.889. The topological polar surface area (TPSA) is 40.5 Å². The highest BCUT2D eigenvalue weighted by molar-refractivity contribution is 5.89. The number of rotatable bonds is 4. The Morgan fingerprint density at radius 2 is 2.11 bits per heavy atom. The molecule has 1 heterocycles. The summed E-state index contributed by atoms with van der Waals surface area (Å²) in [5.41, 5.74) is 2.71. The Morgan fingerprint density at radius 3 is 2.72 bits per heavy atom. The van der Waals surface area contributed by atoms with Crippen LogP contribution in [0.1, 0.15) is 48.2 Å². The van der Waals surface area contributed by atoms with Gasteiger partial charge >= 0.3 is 5.97 Å². The molecule has 1 aromatic carbocycles. The van der Waals surface area contributed by atoms with Crippen molar-refractivity contribution < 1.29 is 9.90 Å². The van der Waals surface area contributed by atoms with Gasteiger partial charge in [-0.25, -0.2) is 4.79 Å². The first-order valence-electron chi connectivity index (χ1n) is 6.75. The molecule has 0 aromatic heterocycles. The predicted octanol–water partition coefficient (Wildman–Crippen LogP) is 2.93. The second kappa shape index (κ2) is 5.53. The fourth-order valence-corrected chi connectivity index (χ4v) is 2.95. The maximum absolute atomic E-state index is 11.2. The Balaban J connectivity index is 2.25. The van der Waals surface area contributed by atoms with Gasteiger partial charge in [0.05, 0.1) is 5.56 Å². The fraction of sp³-hybridized carbons (Fsp3) is 0.533. The third-order valence-corrected chi connectivity index (χ3v) is 3.98. The summed E-state index contributed by atoms with van der Waals surface area (Å²) in [7, 11) is 0. The van der Waals surface area contributed by atoms with E-state index >= 15 is 0 Å². The second-order valence-corrected chi connectivity index (χ2v) is 4.94. The highest BCUT2D eigenvalue weighted by atomic mass is 16.4. The molecule has 0 spiro atoms. The fourth-order valence-electron chi connectivity index (χ4n) is 2.95. The van der Waals surface area contributed by atoms with Crippen LogP contribution in [0.3, 0.4) is 0 Å². The Labute approximate surface area is 108 Å². The number of hydrogen-bond donors (Lipinski definition) is 1. The van der Waals surface area contributed by atoms with Gasteiger partial charge in [-0.05, 0) is 36.5 Å². The third kappa shape index (κ3) is 2.41. The van der Waals surface area contributed by atoms with Crippen LogP contribution in [0, 0.1) is 0 Å². The molecule has 1 aromatic rings. The van der Waals surface area contributed by atoms with Gasteiger partial charge < -0.3 is 5.11 Å². The summed E-state index contributed by atoms with van der Waals surface area (Å²) in [5.74, 6) is -0.803. The molecule has 18 heavy (non-hydrogen) atoms. The summed E-state index contributed by atoms with van der Waals surface area (Å²) in [6.45, 7) is 6.31. The van der Waals surface area contributed by atoms with Crippen molar-refractivity contribution in [2.75, 3.05) is 6.54 Å². The minimum Gasteiger partial charge on any atom is -0.478 e.